The first-order valence-electron chi connectivity index (χ1n) is 8.87. The summed E-state index contributed by atoms with van der Waals surface area (Å²) in [5, 5.41) is 16.0. The number of para-hydroxylation sites is 1. The molecule has 0 unspecified atom stereocenters. The fraction of sp³-hybridized carbons (Fsp3) is 0.600. The molecule has 0 heterocycles. The fourth-order valence-electron chi connectivity index (χ4n) is 1.91. The molecule has 134 valence electrons. The van der Waals surface area contributed by atoms with Crippen LogP contribution in [-0.2, 0) is 0 Å². The van der Waals surface area contributed by atoms with Crippen LogP contribution in [0.25, 0.3) is 0 Å². The minimum Gasteiger partial charge on any atom is -0.516 e. The fourth-order valence-corrected chi connectivity index (χ4v) is 1.91. The van der Waals surface area contributed by atoms with E-state index in [4.69, 9.17) is 10.2 Å². The molecule has 0 bridgehead atoms. The van der Waals surface area contributed by atoms with E-state index in [9.17, 15) is 0 Å². The SMILES string of the molecule is C=CO.CCCCN(CCCC)CCCC.Oc1ccccc1. The van der Waals surface area contributed by atoms with Crippen molar-refractivity contribution in [2.75, 3.05) is 19.6 Å². The monoisotopic (exact) mass is 323 g/mol. The zero-order valence-electron chi connectivity index (χ0n) is 15.4. The molecule has 0 spiro atoms. The summed E-state index contributed by atoms with van der Waals surface area (Å²) < 4.78 is 0. The summed E-state index contributed by atoms with van der Waals surface area (Å²) in [6.07, 6.45) is 8.84. The van der Waals surface area contributed by atoms with Gasteiger partial charge in [-0.25, -0.2) is 0 Å². The van der Waals surface area contributed by atoms with E-state index >= 15 is 0 Å². The Bertz CT molecular complexity index is 309. The Morgan fingerprint density at radius 3 is 1.43 bits per heavy atom. The first-order chi connectivity index (χ1) is 11.2. The molecule has 2 N–H and O–H groups in total. The highest BCUT2D eigenvalue weighted by atomic mass is 16.3. The summed E-state index contributed by atoms with van der Waals surface area (Å²) in [6.45, 7) is 13.7. The van der Waals surface area contributed by atoms with Gasteiger partial charge in [0.25, 0.3) is 0 Å². The molecule has 1 aromatic carbocycles. The normalized spacial score (nSPS) is 9.39. The van der Waals surface area contributed by atoms with E-state index in [1.54, 1.807) is 24.3 Å². The number of benzene rings is 1. The van der Waals surface area contributed by atoms with Crippen LogP contribution in [0.3, 0.4) is 0 Å². The molecule has 0 aliphatic heterocycles. The van der Waals surface area contributed by atoms with Crippen LogP contribution in [0.5, 0.6) is 5.75 Å². The molecule has 0 atom stereocenters. The van der Waals surface area contributed by atoms with E-state index in [2.05, 4.69) is 32.3 Å². The number of aliphatic hydroxyl groups is 1. The second kappa shape index (κ2) is 20.5. The average Bonchev–Trinajstić information content (AvgIpc) is 2.56. The molecule has 3 nitrogen and oxygen atoms in total. The van der Waals surface area contributed by atoms with Crippen LogP contribution in [0, 0.1) is 0 Å². The number of aromatic hydroxyl groups is 1. The first kappa shape index (κ1) is 23.8. The summed E-state index contributed by atoms with van der Waals surface area (Å²) in [7, 11) is 0. The topological polar surface area (TPSA) is 43.7 Å². The third-order valence-corrected chi connectivity index (χ3v) is 3.24. The largest absolute Gasteiger partial charge is 0.516 e. The van der Waals surface area contributed by atoms with E-state index in [0.29, 0.717) is 5.75 Å². The van der Waals surface area contributed by atoms with Crippen LogP contribution in [-0.4, -0.2) is 34.7 Å². The lowest BCUT2D eigenvalue weighted by Gasteiger charge is -2.21. The van der Waals surface area contributed by atoms with Crippen molar-refractivity contribution in [3.8, 4) is 5.75 Å². The van der Waals surface area contributed by atoms with Gasteiger partial charge in [-0.15, -0.1) is 0 Å². The van der Waals surface area contributed by atoms with E-state index in [-0.39, 0.29) is 0 Å². The molecule has 0 aliphatic rings. The first-order valence-corrected chi connectivity index (χ1v) is 8.87. The number of phenolic OH excluding ortho intramolecular Hbond substituents is 1. The summed E-state index contributed by atoms with van der Waals surface area (Å²) in [4.78, 5) is 2.64. The highest BCUT2D eigenvalue weighted by molar-refractivity contribution is 5.18. The third kappa shape index (κ3) is 20.5. The van der Waals surface area contributed by atoms with Gasteiger partial charge < -0.3 is 15.1 Å². The molecule has 0 saturated heterocycles. The molecule has 3 heteroatoms. The molecule has 0 fully saturated rings. The molecule has 23 heavy (non-hydrogen) atoms. The third-order valence-electron chi connectivity index (χ3n) is 3.24. The molecular weight excluding hydrogens is 286 g/mol. The van der Waals surface area contributed by atoms with Gasteiger partial charge in [0, 0.05) is 0 Å². The van der Waals surface area contributed by atoms with Gasteiger partial charge in [-0.3, -0.25) is 0 Å². The van der Waals surface area contributed by atoms with Gasteiger partial charge in [0.1, 0.15) is 5.75 Å². The molecule has 0 aromatic heterocycles. The van der Waals surface area contributed by atoms with Crippen molar-refractivity contribution in [1.29, 1.82) is 0 Å². The van der Waals surface area contributed by atoms with Gasteiger partial charge in [0.15, 0.2) is 0 Å². The number of nitrogens with zero attached hydrogens (tertiary/aromatic N) is 1. The van der Waals surface area contributed by atoms with Crippen molar-refractivity contribution < 1.29 is 10.2 Å². The van der Waals surface area contributed by atoms with Gasteiger partial charge in [-0.2, -0.15) is 0 Å². The average molecular weight is 324 g/mol. The van der Waals surface area contributed by atoms with Crippen LogP contribution < -0.4 is 0 Å². The summed E-state index contributed by atoms with van der Waals surface area (Å²) in [5.41, 5.74) is 0. The van der Waals surface area contributed by atoms with Gasteiger partial charge in [-0.1, -0.05) is 64.8 Å². The van der Waals surface area contributed by atoms with Crippen molar-refractivity contribution in [2.24, 2.45) is 0 Å². The Morgan fingerprint density at radius 2 is 1.22 bits per heavy atom. The Hall–Kier alpha value is -1.48. The van der Waals surface area contributed by atoms with Crippen LogP contribution in [0.2, 0.25) is 0 Å². The molecule has 0 aliphatic carbocycles. The van der Waals surface area contributed by atoms with Gasteiger partial charge in [0.2, 0.25) is 0 Å². The summed E-state index contributed by atoms with van der Waals surface area (Å²) >= 11 is 0. The zero-order valence-corrected chi connectivity index (χ0v) is 15.4. The predicted molar refractivity (Wildman–Crippen MR) is 102 cm³/mol. The van der Waals surface area contributed by atoms with Crippen molar-refractivity contribution in [1.82, 2.24) is 4.90 Å². The second-order valence-electron chi connectivity index (χ2n) is 5.42. The Kier molecular flexibility index (Phi) is 21.2. The Balaban J connectivity index is 0. The number of hydrogen-bond acceptors (Lipinski definition) is 3. The van der Waals surface area contributed by atoms with Crippen molar-refractivity contribution >= 4 is 0 Å². The van der Waals surface area contributed by atoms with Gasteiger partial charge in [0.05, 0.1) is 6.26 Å². The number of hydrogen-bond donors (Lipinski definition) is 2. The molecular formula is C20H37NO2. The number of rotatable bonds is 9. The van der Waals surface area contributed by atoms with Crippen LogP contribution >= 0.6 is 0 Å². The quantitative estimate of drug-likeness (QED) is 0.567. The molecule has 1 aromatic rings. The predicted octanol–water partition coefficient (Wildman–Crippen LogP) is 5.77. The smallest absolute Gasteiger partial charge is 0.115 e. The van der Waals surface area contributed by atoms with E-state index in [1.165, 1.54) is 58.2 Å². The zero-order chi connectivity index (χ0) is 17.8. The molecule has 0 saturated carbocycles. The number of aliphatic hydroxyl groups excluding tert-OH is 1. The minimum absolute atomic E-state index is 0.322. The lowest BCUT2D eigenvalue weighted by Crippen LogP contribution is -2.27. The maximum Gasteiger partial charge on any atom is 0.115 e. The van der Waals surface area contributed by atoms with E-state index in [0.717, 1.165) is 6.26 Å². The van der Waals surface area contributed by atoms with Crippen LogP contribution in [0.4, 0.5) is 0 Å². The van der Waals surface area contributed by atoms with Crippen molar-refractivity contribution in [2.45, 2.75) is 59.3 Å². The lowest BCUT2D eigenvalue weighted by molar-refractivity contribution is 0.261. The summed E-state index contributed by atoms with van der Waals surface area (Å²) in [6, 6.07) is 8.71. The van der Waals surface area contributed by atoms with E-state index in [1.807, 2.05) is 6.07 Å². The summed E-state index contributed by atoms with van der Waals surface area (Å²) in [5.74, 6) is 0.322. The highest BCUT2D eigenvalue weighted by Crippen LogP contribution is 2.03. The maximum absolute atomic E-state index is 8.63. The lowest BCUT2D eigenvalue weighted by atomic mass is 10.2. The molecule has 0 radical (unpaired) electrons. The molecule has 1 rings (SSSR count). The number of phenols is 1. The maximum atomic E-state index is 8.63. The van der Waals surface area contributed by atoms with E-state index < -0.39 is 0 Å². The second-order valence-corrected chi connectivity index (χ2v) is 5.42. The Morgan fingerprint density at radius 1 is 0.870 bits per heavy atom. The number of unbranched alkanes of at least 4 members (excludes halogenated alkanes) is 3. The van der Waals surface area contributed by atoms with Crippen molar-refractivity contribution in [3.63, 3.8) is 0 Å². The standard InChI is InChI=1S/C12H27N.C6H6O.C2H4O/c1-4-7-10-13(11-8-5-2)12-9-6-3;7-6-4-2-1-3-5-6;1-2-3/h4-12H2,1-3H3;1-5,7H;2-3H,1H2. The molecule has 0 amide bonds. The minimum atomic E-state index is 0.322. The van der Waals surface area contributed by atoms with Crippen LogP contribution in [0.1, 0.15) is 59.3 Å². The van der Waals surface area contributed by atoms with Gasteiger partial charge >= 0.3 is 0 Å². The van der Waals surface area contributed by atoms with Crippen molar-refractivity contribution in [3.05, 3.63) is 43.2 Å². The van der Waals surface area contributed by atoms with Gasteiger partial charge in [-0.05, 0) is 51.0 Å². The highest BCUT2D eigenvalue weighted by Gasteiger charge is 2.01. The Labute approximate surface area is 143 Å². The van der Waals surface area contributed by atoms with Crippen LogP contribution in [0.15, 0.2) is 43.2 Å².